The maximum absolute atomic E-state index is 4.95. The predicted molar refractivity (Wildman–Crippen MR) is 67.5 cm³/mol. The molecule has 0 aliphatic rings. The zero-order chi connectivity index (χ0) is 11.6. The minimum atomic E-state index is 0.669. The summed E-state index contributed by atoms with van der Waals surface area (Å²) in [7, 11) is 0. The molecule has 0 spiro atoms. The molecule has 0 aliphatic carbocycles. The molecule has 1 unspecified atom stereocenters. The van der Waals surface area contributed by atoms with Crippen LogP contribution in [0.15, 0.2) is 17.0 Å². The van der Waals surface area contributed by atoms with Gasteiger partial charge in [0.05, 0.1) is 6.20 Å². The first-order valence-electron chi connectivity index (χ1n) is 6.77. The lowest BCUT2D eigenvalue weighted by molar-refractivity contribution is 0.416. The van der Waals surface area contributed by atoms with Crippen LogP contribution < -0.4 is 0 Å². The molecule has 1 heterocycles. The topological polar surface area (TPSA) is 26.0 Å². The molecule has 0 aliphatic heterocycles. The van der Waals surface area contributed by atoms with Crippen molar-refractivity contribution in [2.24, 2.45) is 0 Å². The van der Waals surface area contributed by atoms with Crippen LogP contribution in [0.4, 0.5) is 0 Å². The fourth-order valence-corrected chi connectivity index (χ4v) is 2.16. The molecule has 92 valence electrons. The molecule has 1 aromatic rings. The molecule has 1 rings (SSSR count). The highest BCUT2D eigenvalue weighted by Gasteiger charge is 2.12. The van der Waals surface area contributed by atoms with Crippen molar-refractivity contribution in [2.45, 2.75) is 71.1 Å². The van der Waals surface area contributed by atoms with Crippen molar-refractivity contribution < 1.29 is 4.52 Å². The van der Waals surface area contributed by atoms with Crippen molar-refractivity contribution in [1.82, 2.24) is 5.16 Å². The average molecular weight is 223 g/mol. The lowest BCUT2D eigenvalue weighted by Gasteiger charge is -2.13. The van der Waals surface area contributed by atoms with Gasteiger partial charge < -0.3 is 4.52 Å². The van der Waals surface area contributed by atoms with Crippen LogP contribution in [0.3, 0.4) is 0 Å². The summed E-state index contributed by atoms with van der Waals surface area (Å²) in [6.45, 7) is 4.51. The Hall–Kier alpha value is -0.790. The number of aromatic nitrogens is 1. The van der Waals surface area contributed by atoms with Gasteiger partial charge in [-0.2, -0.15) is 0 Å². The van der Waals surface area contributed by atoms with Gasteiger partial charge >= 0.3 is 0 Å². The van der Waals surface area contributed by atoms with Crippen molar-refractivity contribution >= 4 is 0 Å². The van der Waals surface area contributed by atoms with Crippen LogP contribution in [0.5, 0.6) is 0 Å². The lowest BCUT2D eigenvalue weighted by atomic mass is 9.91. The largest absolute Gasteiger partial charge is 0.364 e. The summed E-state index contributed by atoms with van der Waals surface area (Å²) in [5, 5.41) is 3.82. The van der Waals surface area contributed by atoms with E-state index in [1.165, 1.54) is 56.9 Å². The Morgan fingerprint density at radius 1 is 1.06 bits per heavy atom. The highest BCUT2D eigenvalue weighted by molar-refractivity contribution is 5.08. The quantitative estimate of drug-likeness (QED) is 0.555. The Morgan fingerprint density at radius 3 is 2.44 bits per heavy atom. The summed E-state index contributed by atoms with van der Waals surface area (Å²) in [4.78, 5) is 0. The van der Waals surface area contributed by atoms with Gasteiger partial charge in [0, 0.05) is 5.56 Å². The molecular weight excluding hydrogens is 198 g/mol. The van der Waals surface area contributed by atoms with Gasteiger partial charge in [-0.25, -0.2) is 0 Å². The second-order valence-electron chi connectivity index (χ2n) is 4.65. The Kier molecular flexibility index (Phi) is 6.95. The van der Waals surface area contributed by atoms with Crippen LogP contribution in [0.1, 0.15) is 76.7 Å². The van der Waals surface area contributed by atoms with Gasteiger partial charge in [-0.15, -0.1) is 0 Å². The number of rotatable bonds is 9. The smallest absolute Gasteiger partial charge is 0.127 e. The Morgan fingerprint density at radius 2 is 1.81 bits per heavy atom. The van der Waals surface area contributed by atoms with E-state index in [1.807, 2.05) is 12.5 Å². The van der Waals surface area contributed by atoms with Crippen molar-refractivity contribution in [3.63, 3.8) is 0 Å². The first-order valence-corrected chi connectivity index (χ1v) is 6.77. The number of hydrogen-bond donors (Lipinski definition) is 0. The monoisotopic (exact) mass is 223 g/mol. The number of nitrogens with zero attached hydrogens (tertiary/aromatic N) is 1. The summed E-state index contributed by atoms with van der Waals surface area (Å²) in [6.07, 6.45) is 14.3. The second kappa shape index (κ2) is 8.37. The van der Waals surface area contributed by atoms with Crippen LogP contribution in [0, 0.1) is 0 Å². The zero-order valence-corrected chi connectivity index (χ0v) is 10.7. The minimum Gasteiger partial charge on any atom is -0.364 e. The summed E-state index contributed by atoms with van der Waals surface area (Å²) < 4.78 is 4.95. The molecule has 0 fully saturated rings. The van der Waals surface area contributed by atoms with Gasteiger partial charge in [0.1, 0.15) is 6.26 Å². The van der Waals surface area contributed by atoms with Crippen molar-refractivity contribution in [1.29, 1.82) is 0 Å². The zero-order valence-electron chi connectivity index (χ0n) is 10.7. The summed E-state index contributed by atoms with van der Waals surface area (Å²) in [5.74, 6) is 0.669. The van der Waals surface area contributed by atoms with Gasteiger partial charge in [-0.1, -0.05) is 57.5 Å². The van der Waals surface area contributed by atoms with Crippen LogP contribution in [-0.2, 0) is 0 Å². The van der Waals surface area contributed by atoms with E-state index in [0.717, 1.165) is 0 Å². The molecule has 2 heteroatoms. The van der Waals surface area contributed by atoms with Crippen LogP contribution in [0.25, 0.3) is 0 Å². The molecule has 0 saturated heterocycles. The molecule has 1 aromatic heterocycles. The predicted octanol–water partition coefficient (Wildman–Crippen LogP) is 4.92. The molecule has 0 amide bonds. The first kappa shape index (κ1) is 13.3. The van der Waals surface area contributed by atoms with E-state index < -0.39 is 0 Å². The van der Waals surface area contributed by atoms with Crippen LogP contribution in [0.2, 0.25) is 0 Å². The molecule has 1 atom stereocenters. The van der Waals surface area contributed by atoms with E-state index in [0.29, 0.717) is 5.92 Å². The SMILES string of the molecule is CCCCCCC(CCCC)c1cnoc1. The third-order valence-electron chi connectivity index (χ3n) is 3.24. The normalized spacial score (nSPS) is 12.9. The molecule has 2 nitrogen and oxygen atoms in total. The molecule has 0 bridgehead atoms. The van der Waals surface area contributed by atoms with Gasteiger partial charge in [-0.05, 0) is 18.8 Å². The maximum atomic E-state index is 4.95. The highest BCUT2D eigenvalue weighted by Crippen LogP contribution is 2.27. The molecule has 0 N–H and O–H groups in total. The molecular formula is C14H25NO. The fourth-order valence-electron chi connectivity index (χ4n) is 2.16. The lowest BCUT2D eigenvalue weighted by Crippen LogP contribution is -1.98. The Labute approximate surface area is 99.4 Å². The van der Waals surface area contributed by atoms with Gasteiger partial charge in [0.25, 0.3) is 0 Å². The summed E-state index contributed by atoms with van der Waals surface area (Å²) in [5.41, 5.74) is 1.30. The van der Waals surface area contributed by atoms with E-state index >= 15 is 0 Å². The average Bonchev–Trinajstić information content (AvgIpc) is 2.82. The van der Waals surface area contributed by atoms with Gasteiger partial charge in [0.15, 0.2) is 0 Å². The Balaban J connectivity index is 2.32. The first-order chi connectivity index (χ1) is 7.88. The fraction of sp³-hybridized carbons (Fsp3) is 0.786. The van der Waals surface area contributed by atoms with Crippen LogP contribution >= 0.6 is 0 Å². The van der Waals surface area contributed by atoms with Gasteiger partial charge in [0.2, 0.25) is 0 Å². The van der Waals surface area contributed by atoms with E-state index in [2.05, 4.69) is 19.0 Å². The van der Waals surface area contributed by atoms with E-state index in [9.17, 15) is 0 Å². The van der Waals surface area contributed by atoms with Crippen molar-refractivity contribution in [2.75, 3.05) is 0 Å². The third kappa shape index (κ3) is 4.82. The van der Waals surface area contributed by atoms with Gasteiger partial charge in [-0.3, -0.25) is 0 Å². The van der Waals surface area contributed by atoms with Crippen molar-refractivity contribution in [3.05, 3.63) is 18.0 Å². The maximum Gasteiger partial charge on any atom is 0.127 e. The van der Waals surface area contributed by atoms with E-state index in [-0.39, 0.29) is 0 Å². The van der Waals surface area contributed by atoms with E-state index in [4.69, 9.17) is 4.52 Å². The minimum absolute atomic E-state index is 0.669. The molecule has 0 aromatic carbocycles. The van der Waals surface area contributed by atoms with Crippen molar-refractivity contribution in [3.8, 4) is 0 Å². The third-order valence-corrected chi connectivity index (χ3v) is 3.24. The number of unbranched alkanes of at least 4 members (excludes halogenated alkanes) is 4. The van der Waals surface area contributed by atoms with Crippen LogP contribution in [-0.4, -0.2) is 5.16 Å². The molecule has 16 heavy (non-hydrogen) atoms. The standard InChI is InChI=1S/C14H25NO/c1-3-5-7-8-10-13(9-6-4-2)14-11-15-16-12-14/h11-13H,3-10H2,1-2H3. The summed E-state index contributed by atoms with van der Waals surface area (Å²) >= 11 is 0. The summed E-state index contributed by atoms with van der Waals surface area (Å²) in [6, 6.07) is 0. The highest BCUT2D eigenvalue weighted by atomic mass is 16.5. The van der Waals surface area contributed by atoms with E-state index in [1.54, 1.807) is 0 Å². The second-order valence-corrected chi connectivity index (χ2v) is 4.65. The molecule has 0 radical (unpaired) electrons. The Bertz CT molecular complexity index is 243. The molecule has 0 saturated carbocycles. The number of hydrogen-bond acceptors (Lipinski definition) is 2.